The summed E-state index contributed by atoms with van der Waals surface area (Å²) in [6, 6.07) is 7.14. The van der Waals surface area contributed by atoms with E-state index >= 15 is 0 Å². The van der Waals surface area contributed by atoms with Crippen LogP contribution in [0.1, 0.15) is 30.9 Å². The lowest BCUT2D eigenvalue weighted by molar-refractivity contribution is 0.298. The molecule has 0 amide bonds. The Morgan fingerprint density at radius 1 is 1.33 bits per heavy atom. The average molecular weight is 311 g/mol. The molecule has 1 N–H and O–H groups in total. The number of benzene rings is 1. The van der Waals surface area contributed by atoms with Gasteiger partial charge in [0.1, 0.15) is 0 Å². The van der Waals surface area contributed by atoms with Crippen LogP contribution in [0.5, 0.6) is 0 Å². The van der Waals surface area contributed by atoms with Gasteiger partial charge in [-0.05, 0) is 57.0 Å². The Balaban J connectivity index is 1.77. The molecule has 0 spiro atoms. The first-order chi connectivity index (χ1) is 8.65. The molecule has 0 bridgehead atoms. The third-order valence-corrected chi connectivity index (χ3v) is 4.50. The molecule has 0 radical (unpaired) electrons. The fourth-order valence-electron chi connectivity index (χ4n) is 2.53. The van der Waals surface area contributed by atoms with Crippen molar-refractivity contribution in [3.63, 3.8) is 0 Å². The Labute approximate surface area is 119 Å². The number of hydrogen-bond acceptors (Lipinski definition) is 2. The van der Waals surface area contributed by atoms with Crippen LogP contribution in [-0.4, -0.2) is 30.6 Å². The van der Waals surface area contributed by atoms with Gasteiger partial charge in [0.2, 0.25) is 0 Å². The van der Waals surface area contributed by atoms with E-state index in [0.717, 1.165) is 6.54 Å². The van der Waals surface area contributed by atoms with Gasteiger partial charge in [-0.2, -0.15) is 0 Å². The summed E-state index contributed by atoms with van der Waals surface area (Å²) < 4.78 is 1.19. The SMILES string of the molecule is Cc1cc(CNC(C)CN2CCCC2)ccc1Br. The van der Waals surface area contributed by atoms with Gasteiger partial charge in [0, 0.05) is 23.6 Å². The van der Waals surface area contributed by atoms with Crippen LogP contribution in [0.15, 0.2) is 22.7 Å². The van der Waals surface area contributed by atoms with E-state index in [9.17, 15) is 0 Å². The molecule has 100 valence electrons. The highest BCUT2D eigenvalue weighted by atomic mass is 79.9. The number of aryl methyl sites for hydroxylation is 1. The molecule has 0 aromatic heterocycles. The molecule has 1 atom stereocenters. The smallest absolute Gasteiger partial charge is 0.0208 e. The van der Waals surface area contributed by atoms with Crippen molar-refractivity contribution in [1.29, 1.82) is 0 Å². The minimum Gasteiger partial charge on any atom is -0.309 e. The monoisotopic (exact) mass is 310 g/mol. The van der Waals surface area contributed by atoms with Crippen LogP contribution in [0, 0.1) is 6.92 Å². The van der Waals surface area contributed by atoms with Crippen LogP contribution in [0.2, 0.25) is 0 Å². The Kier molecular flexibility index (Phi) is 5.22. The Bertz CT molecular complexity index is 386. The fourth-order valence-corrected chi connectivity index (χ4v) is 2.77. The Morgan fingerprint density at radius 3 is 2.72 bits per heavy atom. The van der Waals surface area contributed by atoms with Crippen molar-refractivity contribution in [2.45, 2.75) is 39.3 Å². The van der Waals surface area contributed by atoms with Gasteiger partial charge in [-0.3, -0.25) is 0 Å². The zero-order valence-corrected chi connectivity index (χ0v) is 13.0. The van der Waals surface area contributed by atoms with Crippen molar-refractivity contribution in [2.75, 3.05) is 19.6 Å². The van der Waals surface area contributed by atoms with Crippen LogP contribution in [0.4, 0.5) is 0 Å². The van der Waals surface area contributed by atoms with Crippen LogP contribution < -0.4 is 5.32 Å². The number of nitrogens with one attached hydrogen (secondary N) is 1. The maximum atomic E-state index is 3.62. The molecule has 1 saturated heterocycles. The second-order valence-electron chi connectivity index (χ2n) is 5.37. The third kappa shape index (κ3) is 4.08. The van der Waals surface area contributed by atoms with Gasteiger partial charge in [-0.15, -0.1) is 0 Å². The lowest BCUT2D eigenvalue weighted by Crippen LogP contribution is -2.37. The number of rotatable bonds is 5. The maximum Gasteiger partial charge on any atom is 0.0208 e. The van der Waals surface area contributed by atoms with E-state index in [1.807, 2.05) is 0 Å². The highest BCUT2D eigenvalue weighted by molar-refractivity contribution is 9.10. The van der Waals surface area contributed by atoms with E-state index < -0.39 is 0 Å². The van der Waals surface area contributed by atoms with Gasteiger partial charge in [0.05, 0.1) is 0 Å². The number of nitrogens with zero attached hydrogens (tertiary/aromatic N) is 1. The largest absolute Gasteiger partial charge is 0.309 e. The second kappa shape index (κ2) is 6.69. The van der Waals surface area contributed by atoms with Crippen molar-refractivity contribution in [3.05, 3.63) is 33.8 Å². The molecule has 1 heterocycles. The van der Waals surface area contributed by atoms with Crippen molar-refractivity contribution in [2.24, 2.45) is 0 Å². The first-order valence-electron chi connectivity index (χ1n) is 6.86. The van der Waals surface area contributed by atoms with Gasteiger partial charge >= 0.3 is 0 Å². The van der Waals surface area contributed by atoms with E-state index in [2.05, 4.69) is 58.2 Å². The molecular weight excluding hydrogens is 288 g/mol. The average Bonchev–Trinajstić information content (AvgIpc) is 2.83. The summed E-state index contributed by atoms with van der Waals surface area (Å²) in [5.41, 5.74) is 2.67. The Morgan fingerprint density at radius 2 is 2.06 bits per heavy atom. The lowest BCUT2D eigenvalue weighted by atomic mass is 10.1. The zero-order chi connectivity index (χ0) is 13.0. The molecule has 1 fully saturated rings. The molecule has 0 aliphatic carbocycles. The summed E-state index contributed by atoms with van der Waals surface area (Å²) >= 11 is 3.54. The van der Waals surface area contributed by atoms with Gasteiger partial charge in [0.15, 0.2) is 0 Å². The van der Waals surface area contributed by atoms with Gasteiger partial charge in [-0.1, -0.05) is 28.1 Å². The predicted molar refractivity (Wildman–Crippen MR) is 80.9 cm³/mol. The molecular formula is C15H23BrN2. The van der Waals surface area contributed by atoms with Gasteiger partial charge in [-0.25, -0.2) is 0 Å². The summed E-state index contributed by atoms with van der Waals surface area (Å²) in [4.78, 5) is 2.56. The summed E-state index contributed by atoms with van der Waals surface area (Å²) in [6.07, 6.45) is 2.75. The highest BCUT2D eigenvalue weighted by Crippen LogP contribution is 2.17. The van der Waals surface area contributed by atoms with Crippen molar-refractivity contribution in [1.82, 2.24) is 10.2 Å². The number of hydrogen-bond donors (Lipinski definition) is 1. The zero-order valence-electron chi connectivity index (χ0n) is 11.4. The predicted octanol–water partition coefficient (Wildman–Crippen LogP) is 3.33. The number of halogens is 1. The van der Waals surface area contributed by atoms with Crippen molar-refractivity contribution < 1.29 is 0 Å². The molecule has 0 saturated carbocycles. The van der Waals surface area contributed by atoms with Crippen LogP contribution in [0.25, 0.3) is 0 Å². The molecule has 1 unspecified atom stereocenters. The van der Waals surface area contributed by atoms with E-state index in [1.54, 1.807) is 0 Å². The van der Waals surface area contributed by atoms with Crippen LogP contribution in [-0.2, 0) is 6.54 Å². The van der Waals surface area contributed by atoms with E-state index in [4.69, 9.17) is 0 Å². The van der Waals surface area contributed by atoms with E-state index in [0.29, 0.717) is 6.04 Å². The lowest BCUT2D eigenvalue weighted by Gasteiger charge is -2.21. The molecule has 1 aromatic carbocycles. The summed E-state index contributed by atoms with van der Waals surface area (Å²) in [5.74, 6) is 0. The number of likely N-dealkylation sites (tertiary alicyclic amines) is 1. The molecule has 3 heteroatoms. The first-order valence-corrected chi connectivity index (χ1v) is 7.65. The quantitative estimate of drug-likeness (QED) is 0.897. The minimum absolute atomic E-state index is 0.562. The summed E-state index contributed by atoms with van der Waals surface area (Å²) in [6.45, 7) is 9.12. The summed E-state index contributed by atoms with van der Waals surface area (Å²) in [7, 11) is 0. The topological polar surface area (TPSA) is 15.3 Å². The van der Waals surface area contributed by atoms with Crippen LogP contribution in [0.3, 0.4) is 0 Å². The maximum absolute atomic E-state index is 3.62. The van der Waals surface area contributed by atoms with Crippen LogP contribution >= 0.6 is 15.9 Å². The fraction of sp³-hybridized carbons (Fsp3) is 0.600. The van der Waals surface area contributed by atoms with E-state index in [1.165, 1.54) is 48.1 Å². The minimum atomic E-state index is 0.562. The first kappa shape index (κ1) is 14.0. The molecule has 1 aliphatic rings. The molecule has 18 heavy (non-hydrogen) atoms. The molecule has 2 rings (SSSR count). The third-order valence-electron chi connectivity index (χ3n) is 3.61. The second-order valence-corrected chi connectivity index (χ2v) is 6.23. The normalized spacial score (nSPS) is 18.2. The standard InChI is InChI=1S/C15H23BrN2/c1-12-9-14(5-6-15(12)16)10-17-13(2)11-18-7-3-4-8-18/h5-6,9,13,17H,3-4,7-8,10-11H2,1-2H3. The van der Waals surface area contributed by atoms with Crippen molar-refractivity contribution >= 4 is 15.9 Å². The Hall–Kier alpha value is -0.380. The van der Waals surface area contributed by atoms with Crippen molar-refractivity contribution in [3.8, 4) is 0 Å². The molecule has 2 nitrogen and oxygen atoms in total. The summed E-state index contributed by atoms with van der Waals surface area (Å²) in [5, 5.41) is 3.62. The van der Waals surface area contributed by atoms with E-state index in [-0.39, 0.29) is 0 Å². The molecule has 1 aromatic rings. The molecule has 1 aliphatic heterocycles. The van der Waals surface area contributed by atoms with Gasteiger partial charge < -0.3 is 10.2 Å². The highest BCUT2D eigenvalue weighted by Gasteiger charge is 2.14. The van der Waals surface area contributed by atoms with Gasteiger partial charge in [0.25, 0.3) is 0 Å².